The van der Waals surface area contributed by atoms with Gasteiger partial charge >= 0.3 is 0 Å². The van der Waals surface area contributed by atoms with Gasteiger partial charge in [-0.3, -0.25) is 4.79 Å². The summed E-state index contributed by atoms with van der Waals surface area (Å²) < 4.78 is 10.4. The second-order valence-electron chi connectivity index (χ2n) is 5.05. The van der Waals surface area contributed by atoms with Crippen molar-refractivity contribution < 1.29 is 14.3 Å². The number of rotatable bonds is 7. The van der Waals surface area contributed by atoms with Crippen LogP contribution in [0.1, 0.15) is 10.5 Å². The highest BCUT2D eigenvalue weighted by molar-refractivity contribution is 7.13. The predicted octanol–water partition coefficient (Wildman–Crippen LogP) is 3.53. The molecular formula is C17H15ClN4O3S. The van der Waals surface area contributed by atoms with Gasteiger partial charge in [0.25, 0.3) is 5.91 Å². The fourth-order valence-electron chi connectivity index (χ4n) is 2.02. The molecule has 1 amide bonds. The number of ether oxygens (including phenoxy) is 2. The monoisotopic (exact) mass is 390 g/mol. The van der Waals surface area contributed by atoms with E-state index in [2.05, 4.69) is 20.3 Å². The Kier molecular flexibility index (Phi) is 6.11. The second kappa shape index (κ2) is 8.70. The van der Waals surface area contributed by atoms with Crippen molar-refractivity contribution in [2.75, 3.05) is 25.6 Å². The molecule has 0 radical (unpaired) electrons. The molecule has 0 bridgehead atoms. The Labute approximate surface area is 159 Å². The lowest BCUT2D eigenvalue weighted by atomic mass is 10.3. The summed E-state index contributed by atoms with van der Waals surface area (Å²) in [7, 11) is 1.59. The quantitative estimate of drug-likeness (QED) is 0.621. The molecule has 26 heavy (non-hydrogen) atoms. The molecule has 0 aliphatic heterocycles. The second-order valence-corrected chi connectivity index (χ2v) is 6.32. The van der Waals surface area contributed by atoms with Gasteiger partial charge in [-0.05, 0) is 24.3 Å². The average molecular weight is 391 g/mol. The maximum absolute atomic E-state index is 12.4. The van der Waals surface area contributed by atoms with Gasteiger partial charge < -0.3 is 14.8 Å². The number of carbonyl (C=O) groups excluding carboxylic acids is 1. The average Bonchev–Trinajstić information content (AvgIpc) is 3.15. The first kappa shape index (κ1) is 18.2. The van der Waals surface area contributed by atoms with Gasteiger partial charge in [0.15, 0.2) is 10.8 Å². The Morgan fingerprint density at radius 1 is 1.27 bits per heavy atom. The number of benzene rings is 1. The molecule has 0 spiro atoms. The number of aromatic nitrogens is 3. The van der Waals surface area contributed by atoms with Gasteiger partial charge in [0, 0.05) is 30.6 Å². The molecule has 9 heteroatoms. The summed E-state index contributed by atoms with van der Waals surface area (Å²) in [4.78, 5) is 24.9. The van der Waals surface area contributed by atoms with Crippen LogP contribution >= 0.6 is 22.9 Å². The number of thiazole rings is 1. The van der Waals surface area contributed by atoms with Gasteiger partial charge in [0.1, 0.15) is 18.1 Å². The summed E-state index contributed by atoms with van der Waals surface area (Å²) in [5.41, 5.74) is 0.832. The van der Waals surface area contributed by atoms with E-state index in [0.717, 1.165) is 0 Å². The standard InChI is InChI=1S/C17H15ClN4O3S/c1-24-7-8-25-14-4-3-11(9-12(14)18)21-16(23)13-10-26-17(22-13)15-19-5-2-6-20-15/h2-6,9-10H,7-8H2,1H3,(H,21,23). The molecule has 2 heterocycles. The highest BCUT2D eigenvalue weighted by Crippen LogP contribution is 2.28. The Bertz CT molecular complexity index is 889. The number of halogens is 1. The normalized spacial score (nSPS) is 10.5. The summed E-state index contributed by atoms with van der Waals surface area (Å²) in [5.74, 6) is 0.670. The van der Waals surface area contributed by atoms with Crippen LogP contribution in [0.3, 0.4) is 0 Å². The van der Waals surface area contributed by atoms with Crippen LogP contribution in [0.2, 0.25) is 5.02 Å². The molecule has 0 atom stereocenters. The Balaban J connectivity index is 1.66. The summed E-state index contributed by atoms with van der Waals surface area (Å²) in [6, 6.07) is 6.74. The summed E-state index contributed by atoms with van der Waals surface area (Å²) in [5, 5.41) is 5.39. The molecule has 3 aromatic rings. The van der Waals surface area contributed by atoms with Crippen LogP contribution in [0.4, 0.5) is 5.69 Å². The van der Waals surface area contributed by atoms with Gasteiger partial charge in [-0.25, -0.2) is 15.0 Å². The van der Waals surface area contributed by atoms with Crippen LogP contribution in [0.5, 0.6) is 5.75 Å². The molecule has 2 aromatic heterocycles. The third-order valence-corrected chi connectivity index (χ3v) is 4.36. The first-order chi connectivity index (χ1) is 12.7. The number of nitrogens with one attached hydrogen (secondary N) is 1. The molecule has 0 fully saturated rings. The van der Waals surface area contributed by atoms with Gasteiger partial charge in [-0.2, -0.15) is 0 Å². The van der Waals surface area contributed by atoms with E-state index in [9.17, 15) is 4.79 Å². The zero-order chi connectivity index (χ0) is 18.4. The van der Waals surface area contributed by atoms with E-state index in [0.29, 0.717) is 40.5 Å². The van der Waals surface area contributed by atoms with Crippen LogP contribution in [0.25, 0.3) is 10.8 Å². The molecule has 1 N–H and O–H groups in total. The fourth-order valence-corrected chi connectivity index (χ4v) is 3.00. The Hall–Kier alpha value is -2.55. The van der Waals surface area contributed by atoms with E-state index in [1.54, 1.807) is 49.1 Å². The topological polar surface area (TPSA) is 86.2 Å². The smallest absolute Gasteiger partial charge is 0.275 e. The molecule has 3 rings (SSSR count). The molecule has 0 saturated heterocycles. The molecule has 1 aromatic carbocycles. The van der Waals surface area contributed by atoms with Crippen molar-refractivity contribution in [3.63, 3.8) is 0 Å². The van der Waals surface area contributed by atoms with E-state index in [-0.39, 0.29) is 11.6 Å². The van der Waals surface area contributed by atoms with Crippen LogP contribution in [-0.4, -0.2) is 41.2 Å². The van der Waals surface area contributed by atoms with Gasteiger partial charge in [-0.1, -0.05) is 11.6 Å². The number of nitrogens with zero attached hydrogens (tertiary/aromatic N) is 3. The minimum absolute atomic E-state index is 0.286. The molecule has 0 unspecified atom stereocenters. The molecular weight excluding hydrogens is 376 g/mol. The first-order valence-corrected chi connectivity index (χ1v) is 8.88. The van der Waals surface area contributed by atoms with Gasteiger partial charge in [0.2, 0.25) is 0 Å². The van der Waals surface area contributed by atoms with Crippen LogP contribution in [0.15, 0.2) is 42.0 Å². The largest absolute Gasteiger partial charge is 0.490 e. The first-order valence-electron chi connectivity index (χ1n) is 7.63. The van der Waals surface area contributed by atoms with Crippen molar-refractivity contribution in [2.24, 2.45) is 0 Å². The maximum Gasteiger partial charge on any atom is 0.275 e. The van der Waals surface area contributed by atoms with Crippen molar-refractivity contribution in [1.82, 2.24) is 15.0 Å². The molecule has 0 aliphatic rings. The molecule has 134 valence electrons. The lowest BCUT2D eigenvalue weighted by Crippen LogP contribution is -2.12. The Morgan fingerprint density at radius 2 is 2.08 bits per heavy atom. The number of anilines is 1. The van der Waals surface area contributed by atoms with E-state index < -0.39 is 0 Å². The van der Waals surface area contributed by atoms with Gasteiger partial charge in [0.05, 0.1) is 11.6 Å². The van der Waals surface area contributed by atoms with Crippen molar-refractivity contribution in [3.8, 4) is 16.6 Å². The zero-order valence-electron chi connectivity index (χ0n) is 13.8. The Morgan fingerprint density at radius 3 is 2.81 bits per heavy atom. The molecule has 7 nitrogen and oxygen atoms in total. The van der Waals surface area contributed by atoms with Gasteiger partial charge in [-0.15, -0.1) is 11.3 Å². The lowest BCUT2D eigenvalue weighted by molar-refractivity contribution is 0.102. The zero-order valence-corrected chi connectivity index (χ0v) is 15.4. The number of methoxy groups -OCH3 is 1. The lowest BCUT2D eigenvalue weighted by Gasteiger charge is -2.09. The van der Waals surface area contributed by atoms with E-state index in [1.165, 1.54) is 11.3 Å². The van der Waals surface area contributed by atoms with Crippen molar-refractivity contribution >= 4 is 34.5 Å². The molecule has 0 aliphatic carbocycles. The molecule has 0 saturated carbocycles. The van der Waals surface area contributed by atoms with E-state index in [1.807, 2.05) is 0 Å². The third-order valence-electron chi connectivity index (χ3n) is 3.23. The van der Waals surface area contributed by atoms with E-state index >= 15 is 0 Å². The highest BCUT2D eigenvalue weighted by atomic mass is 35.5. The van der Waals surface area contributed by atoms with Crippen molar-refractivity contribution in [1.29, 1.82) is 0 Å². The van der Waals surface area contributed by atoms with Crippen LogP contribution in [0, 0.1) is 0 Å². The number of hydrogen-bond donors (Lipinski definition) is 1. The van der Waals surface area contributed by atoms with Crippen LogP contribution in [-0.2, 0) is 4.74 Å². The summed E-state index contributed by atoms with van der Waals surface area (Å²) in [6.07, 6.45) is 3.25. The van der Waals surface area contributed by atoms with Crippen molar-refractivity contribution in [3.05, 3.63) is 52.8 Å². The number of carbonyl (C=O) groups is 1. The SMILES string of the molecule is COCCOc1ccc(NC(=O)c2csc(-c3ncccn3)n2)cc1Cl. The highest BCUT2D eigenvalue weighted by Gasteiger charge is 2.14. The van der Waals surface area contributed by atoms with Crippen molar-refractivity contribution in [2.45, 2.75) is 0 Å². The van der Waals surface area contributed by atoms with E-state index in [4.69, 9.17) is 21.1 Å². The maximum atomic E-state index is 12.4. The minimum Gasteiger partial charge on any atom is -0.490 e. The summed E-state index contributed by atoms with van der Waals surface area (Å²) in [6.45, 7) is 0.858. The number of amides is 1. The fraction of sp³-hybridized carbons (Fsp3) is 0.176. The summed E-state index contributed by atoms with van der Waals surface area (Å²) >= 11 is 7.48. The predicted molar refractivity (Wildman–Crippen MR) is 99.9 cm³/mol. The van der Waals surface area contributed by atoms with Crippen LogP contribution < -0.4 is 10.1 Å². The minimum atomic E-state index is -0.340. The third kappa shape index (κ3) is 4.54. The number of hydrogen-bond acceptors (Lipinski definition) is 7.